The highest BCUT2D eigenvalue weighted by molar-refractivity contribution is 7.78. The number of hydrogen-bond acceptors (Lipinski definition) is 12. The SMILES string of the molecule is COc1ccc(-c2cc3nc(c2)-c2cccc(n2)CN(CC(=O)O)CCN(CCCOCc2ccc(N=C=S)cc2)CCN(CC(=O)O)Cc2cccc-3n2)cc1. The van der Waals surface area contributed by atoms with Crippen molar-refractivity contribution in [2.45, 2.75) is 26.1 Å². The van der Waals surface area contributed by atoms with Crippen molar-refractivity contribution in [2.75, 3.05) is 59.5 Å². The number of isothiocyanates is 1. The lowest BCUT2D eigenvalue weighted by Gasteiger charge is -2.29. The monoisotopic (exact) mass is 787 g/mol. The van der Waals surface area contributed by atoms with Gasteiger partial charge in [-0.2, -0.15) is 4.99 Å². The highest BCUT2D eigenvalue weighted by Gasteiger charge is 2.19. The zero-order valence-corrected chi connectivity index (χ0v) is 32.6. The third-order valence-electron chi connectivity index (χ3n) is 9.48. The van der Waals surface area contributed by atoms with Crippen LogP contribution in [0.25, 0.3) is 33.9 Å². The van der Waals surface area contributed by atoms with Crippen LogP contribution in [0.5, 0.6) is 5.75 Å². The fourth-order valence-corrected chi connectivity index (χ4v) is 6.74. The Hall–Kier alpha value is -5.73. The minimum absolute atomic E-state index is 0.168. The van der Waals surface area contributed by atoms with Crippen molar-refractivity contribution < 1.29 is 29.3 Å². The number of hydrogen-bond donors (Lipinski definition) is 2. The van der Waals surface area contributed by atoms with E-state index in [2.05, 4.69) is 27.3 Å². The standard InChI is InChI=1S/C43H45N7O6S/c1-55-37-15-11-32(12-16-37)33-23-40-38-7-2-5-35(45-38)25-49(27-42(51)52)20-18-48(17-4-22-56-29-31-9-13-34(14-10-31)44-30-57)19-21-50(28-43(53)54)26-36-6-3-8-39(46-36)41(24-33)47-40/h2-3,5-16,23-24H,4,17-22,25-29H2,1H3,(H,51,52)(H,53,54). The molecule has 0 saturated carbocycles. The van der Waals surface area contributed by atoms with Gasteiger partial charge in [0.25, 0.3) is 0 Å². The number of ether oxygens (including phenoxy) is 2. The lowest BCUT2D eigenvalue weighted by molar-refractivity contribution is -0.139. The van der Waals surface area contributed by atoms with Crippen LogP contribution >= 0.6 is 12.2 Å². The van der Waals surface area contributed by atoms with Crippen LogP contribution in [0.4, 0.5) is 5.69 Å². The van der Waals surface area contributed by atoms with Gasteiger partial charge in [0.15, 0.2) is 0 Å². The molecule has 1 aliphatic heterocycles. The van der Waals surface area contributed by atoms with E-state index in [1.54, 1.807) is 7.11 Å². The molecule has 57 heavy (non-hydrogen) atoms. The first-order chi connectivity index (χ1) is 27.7. The second-order valence-electron chi connectivity index (χ2n) is 13.7. The number of benzene rings is 2. The highest BCUT2D eigenvalue weighted by atomic mass is 32.1. The Morgan fingerprint density at radius 1 is 0.719 bits per heavy atom. The Labute approximate surface area is 337 Å². The molecule has 6 bridgehead atoms. The second-order valence-corrected chi connectivity index (χ2v) is 13.9. The number of pyridine rings is 3. The van der Waals surface area contributed by atoms with Crippen molar-refractivity contribution in [2.24, 2.45) is 4.99 Å². The van der Waals surface area contributed by atoms with E-state index in [1.165, 1.54) is 0 Å². The van der Waals surface area contributed by atoms with E-state index in [9.17, 15) is 19.8 Å². The van der Waals surface area contributed by atoms with Crippen LogP contribution in [0, 0.1) is 0 Å². The Kier molecular flexibility index (Phi) is 14.7. The normalized spacial score (nSPS) is 14.2. The average molecular weight is 788 g/mol. The van der Waals surface area contributed by atoms with Crippen LogP contribution in [0.2, 0.25) is 0 Å². The largest absolute Gasteiger partial charge is 0.497 e. The van der Waals surface area contributed by atoms with Gasteiger partial charge in [-0.1, -0.05) is 36.4 Å². The first-order valence-electron chi connectivity index (χ1n) is 18.7. The number of methoxy groups -OCH3 is 1. The lowest BCUT2D eigenvalue weighted by atomic mass is 10.0. The summed E-state index contributed by atoms with van der Waals surface area (Å²) in [6, 6.07) is 30.8. The number of fused-ring (bicyclic) bond motifs is 8. The number of carboxylic acid groups (broad SMARTS) is 2. The van der Waals surface area contributed by atoms with Gasteiger partial charge in [0.1, 0.15) is 5.75 Å². The molecule has 2 N–H and O–H groups in total. The van der Waals surface area contributed by atoms with Gasteiger partial charge in [0.05, 0.1) is 71.8 Å². The summed E-state index contributed by atoms with van der Waals surface area (Å²) in [5.41, 5.74) is 7.59. The molecule has 5 aromatic rings. The number of aliphatic imine (C=N–C) groups is 1. The predicted octanol–water partition coefficient (Wildman–Crippen LogP) is 6.31. The summed E-state index contributed by atoms with van der Waals surface area (Å²) in [5.74, 6) is -1.13. The number of thiocarbonyl (C=S) groups is 1. The van der Waals surface area contributed by atoms with Crippen LogP contribution in [0.3, 0.4) is 0 Å². The molecule has 0 amide bonds. The van der Waals surface area contributed by atoms with Gasteiger partial charge in [-0.25, -0.2) is 15.0 Å². The number of nitrogens with zero attached hydrogens (tertiary/aromatic N) is 7. The lowest BCUT2D eigenvalue weighted by Crippen LogP contribution is -2.42. The Morgan fingerprint density at radius 3 is 1.81 bits per heavy atom. The second kappa shape index (κ2) is 20.4. The molecule has 0 fully saturated rings. The predicted molar refractivity (Wildman–Crippen MR) is 220 cm³/mol. The van der Waals surface area contributed by atoms with Crippen molar-refractivity contribution in [1.29, 1.82) is 0 Å². The first-order valence-corrected chi connectivity index (χ1v) is 19.1. The molecule has 2 aromatic carbocycles. The third kappa shape index (κ3) is 12.4. The van der Waals surface area contributed by atoms with Crippen LogP contribution in [-0.2, 0) is 34.0 Å². The Bertz CT molecular complexity index is 2090. The van der Waals surface area contributed by atoms with Gasteiger partial charge >= 0.3 is 11.9 Å². The topological polar surface area (TPSA) is 154 Å². The molecule has 294 valence electrons. The quantitative estimate of drug-likeness (QED) is 0.0779. The van der Waals surface area contributed by atoms with Gasteiger partial charge in [-0.05, 0) is 96.0 Å². The molecule has 0 unspecified atom stereocenters. The van der Waals surface area contributed by atoms with E-state index in [0.29, 0.717) is 93.2 Å². The maximum absolute atomic E-state index is 12.1. The van der Waals surface area contributed by atoms with E-state index in [-0.39, 0.29) is 13.1 Å². The zero-order chi connectivity index (χ0) is 40.0. The van der Waals surface area contributed by atoms with Gasteiger partial charge in [-0.15, -0.1) is 0 Å². The Balaban J connectivity index is 1.28. The molecular formula is C43H45N7O6S. The molecule has 0 aliphatic carbocycles. The van der Waals surface area contributed by atoms with E-state index in [1.807, 2.05) is 107 Å². The van der Waals surface area contributed by atoms with Gasteiger partial charge in [0.2, 0.25) is 0 Å². The zero-order valence-electron chi connectivity index (χ0n) is 31.8. The minimum atomic E-state index is -0.935. The van der Waals surface area contributed by atoms with Crippen molar-refractivity contribution in [3.63, 3.8) is 0 Å². The Morgan fingerprint density at radius 2 is 1.28 bits per heavy atom. The molecule has 6 rings (SSSR count). The molecule has 3 aromatic heterocycles. The number of carboxylic acids is 2. The molecule has 0 radical (unpaired) electrons. The van der Waals surface area contributed by atoms with Crippen molar-refractivity contribution >= 4 is 35.0 Å². The molecule has 1 aliphatic rings. The van der Waals surface area contributed by atoms with Crippen molar-refractivity contribution in [3.05, 3.63) is 114 Å². The van der Waals surface area contributed by atoms with Crippen LogP contribution < -0.4 is 4.74 Å². The molecular weight excluding hydrogens is 743 g/mol. The summed E-state index contributed by atoms with van der Waals surface area (Å²) in [6.45, 7) is 3.92. The smallest absolute Gasteiger partial charge is 0.317 e. The summed E-state index contributed by atoms with van der Waals surface area (Å²) in [7, 11) is 1.63. The van der Waals surface area contributed by atoms with Gasteiger partial charge in [-0.3, -0.25) is 19.4 Å². The molecule has 14 heteroatoms. The first kappa shape index (κ1) is 40.9. The molecule has 0 saturated heterocycles. The number of rotatable bonds is 13. The van der Waals surface area contributed by atoms with Gasteiger partial charge < -0.3 is 24.6 Å². The summed E-state index contributed by atoms with van der Waals surface area (Å²) >= 11 is 4.68. The number of aromatic nitrogens is 3. The van der Waals surface area contributed by atoms with E-state index in [0.717, 1.165) is 34.5 Å². The highest BCUT2D eigenvalue weighted by Crippen LogP contribution is 2.30. The number of aliphatic carboxylic acids is 2. The van der Waals surface area contributed by atoms with E-state index < -0.39 is 11.9 Å². The van der Waals surface area contributed by atoms with Crippen molar-refractivity contribution in [3.8, 4) is 39.7 Å². The fourth-order valence-electron chi connectivity index (χ4n) is 6.63. The van der Waals surface area contributed by atoms with Crippen molar-refractivity contribution in [1.82, 2.24) is 29.7 Å². The summed E-state index contributed by atoms with van der Waals surface area (Å²) in [5, 5.41) is 22.2. The average Bonchev–Trinajstić information content (AvgIpc) is 3.21. The summed E-state index contributed by atoms with van der Waals surface area (Å²) in [4.78, 5) is 49.1. The van der Waals surface area contributed by atoms with Crippen LogP contribution in [0.1, 0.15) is 23.4 Å². The van der Waals surface area contributed by atoms with Crippen LogP contribution in [-0.4, -0.2) is 116 Å². The minimum Gasteiger partial charge on any atom is -0.497 e. The van der Waals surface area contributed by atoms with Gasteiger partial charge in [0, 0.05) is 52.4 Å². The maximum atomic E-state index is 12.1. The third-order valence-corrected chi connectivity index (χ3v) is 9.58. The number of carbonyl (C=O) groups is 2. The van der Waals surface area contributed by atoms with E-state index >= 15 is 0 Å². The maximum Gasteiger partial charge on any atom is 0.317 e. The van der Waals surface area contributed by atoms with Crippen LogP contribution in [0.15, 0.2) is 102 Å². The van der Waals surface area contributed by atoms with E-state index in [4.69, 9.17) is 24.4 Å². The molecule has 13 nitrogen and oxygen atoms in total. The molecule has 0 spiro atoms. The summed E-state index contributed by atoms with van der Waals surface area (Å²) < 4.78 is 11.4. The molecule has 4 heterocycles. The summed E-state index contributed by atoms with van der Waals surface area (Å²) in [6.07, 6.45) is 0.724. The molecule has 0 atom stereocenters. The fraction of sp³-hybridized carbons (Fsp3) is 0.302.